The number of nitrogens with zero attached hydrogens (tertiary/aromatic N) is 1. The zero-order valence-corrected chi connectivity index (χ0v) is 10.4. The molecule has 1 aromatic carbocycles. The zero-order chi connectivity index (χ0) is 12.2. The van der Waals surface area contributed by atoms with Gasteiger partial charge >= 0.3 is 0 Å². The fraction of sp³-hybridized carbons (Fsp3) is 0.400. The Balaban J connectivity index is 1.83. The second-order valence-electron chi connectivity index (χ2n) is 4.85. The van der Waals surface area contributed by atoms with E-state index in [1.54, 1.807) is 12.5 Å². The molecule has 1 saturated heterocycles. The van der Waals surface area contributed by atoms with Crippen molar-refractivity contribution in [3.63, 3.8) is 0 Å². The largest absolute Gasteiger partial charge is 0.445 e. The van der Waals surface area contributed by atoms with Crippen molar-refractivity contribution >= 4 is 0 Å². The van der Waals surface area contributed by atoms with E-state index in [4.69, 9.17) is 4.42 Å². The number of nitrogens with one attached hydrogen (secondary N) is 1. The third-order valence-electron chi connectivity index (χ3n) is 3.56. The molecule has 0 saturated carbocycles. The molecule has 1 atom stereocenters. The Bertz CT molecular complexity index is 487. The fourth-order valence-electron chi connectivity index (χ4n) is 2.63. The first-order valence-electron chi connectivity index (χ1n) is 6.64. The number of hydrogen-bond acceptors (Lipinski definition) is 3. The van der Waals surface area contributed by atoms with E-state index in [9.17, 15) is 0 Å². The Labute approximate surface area is 107 Å². The minimum absolute atomic E-state index is 0.592. The van der Waals surface area contributed by atoms with Gasteiger partial charge in [0.25, 0.3) is 0 Å². The van der Waals surface area contributed by atoms with Crippen LogP contribution in [0.1, 0.15) is 24.8 Å². The minimum Gasteiger partial charge on any atom is -0.445 e. The van der Waals surface area contributed by atoms with Gasteiger partial charge in [-0.1, -0.05) is 24.6 Å². The van der Waals surface area contributed by atoms with E-state index in [0.717, 1.165) is 24.4 Å². The van der Waals surface area contributed by atoms with E-state index >= 15 is 0 Å². The van der Waals surface area contributed by atoms with Crippen LogP contribution < -0.4 is 5.32 Å². The molecule has 1 aliphatic rings. The Kier molecular flexibility index (Phi) is 3.42. The SMILES string of the molecule is c1ccc(-c2ncco2)c(CC2CCCCN2)c1. The van der Waals surface area contributed by atoms with Crippen LogP contribution in [0.15, 0.2) is 41.1 Å². The molecule has 1 aliphatic heterocycles. The average molecular weight is 242 g/mol. The van der Waals surface area contributed by atoms with Gasteiger partial charge < -0.3 is 9.73 Å². The van der Waals surface area contributed by atoms with E-state index in [1.165, 1.54) is 24.8 Å². The fourth-order valence-corrected chi connectivity index (χ4v) is 2.63. The van der Waals surface area contributed by atoms with Gasteiger partial charge in [0.1, 0.15) is 6.26 Å². The molecule has 3 nitrogen and oxygen atoms in total. The number of hydrogen-bond donors (Lipinski definition) is 1. The highest BCUT2D eigenvalue weighted by Crippen LogP contribution is 2.24. The summed E-state index contributed by atoms with van der Waals surface area (Å²) in [5, 5.41) is 3.59. The molecular formula is C15H18N2O. The lowest BCUT2D eigenvalue weighted by atomic mass is 9.95. The quantitative estimate of drug-likeness (QED) is 0.899. The predicted octanol–water partition coefficient (Wildman–Crippen LogP) is 3.03. The molecule has 0 bridgehead atoms. The molecule has 2 aromatic rings. The van der Waals surface area contributed by atoms with Crippen molar-refractivity contribution < 1.29 is 4.42 Å². The summed E-state index contributed by atoms with van der Waals surface area (Å²) in [7, 11) is 0. The number of aromatic nitrogens is 1. The number of benzene rings is 1. The molecule has 1 unspecified atom stereocenters. The van der Waals surface area contributed by atoms with Gasteiger partial charge in [0, 0.05) is 11.6 Å². The van der Waals surface area contributed by atoms with Crippen molar-refractivity contribution in [3.8, 4) is 11.5 Å². The smallest absolute Gasteiger partial charge is 0.226 e. The molecule has 0 aliphatic carbocycles. The highest BCUT2D eigenvalue weighted by molar-refractivity contribution is 5.58. The molecule has 3 heteroatoms. The first-order chi connectivity index (χ1) is 8.93. The summed E-state index contributed by atoms with van der Waals surface area (Å²) in [5.41, 5.74) is 2.44. The van der Waals surface area contributed by atoms with Crippen LogP contribution >= 0.6 is 0 Å². The summed E-state index contributed by atoms with van der Waals surface area (Å²) in [6, 6.07) is 8.98. The first-order valence-corrected chi connectivity index (χ1v) is 6.64. The molecule has 2 heterocycles. The monoisotopic (exact) mass is 242 g/mol. The Hall–Kier alpha value is -1.61. The van der Waals surface area contributed by atoms with Crippen molar-refractivity contribution in [1.82, 2.24) is 10.3 Å². The highest BCUT2D eigenvalue weighted by Gasteiger charge is 2.16. The summed E-state index contributed by atoms with van der Waals surface area (Å²) in [4.78, 5) is 4.25. The van der Waals surface area contributed by atoms with Crippen LogP contribution in [0.2, 0.25) is 0 Å². The average Bonchev–Trinajstić information content (AvgIpc) is 2.94. The lowest BCUT2D eigenvalue weighted by Crippen LogP contribution is -2.35. The number of oxazole rings is 1. The molecule has 1 aromatic heterocycles. The summed E-state index contributed by atoms with van der Waals surface area (Å²) in [5.74, 6) is 0.724. The van der Waals surface area contributed by atoms with Crippen molar-refractivity contribution in [1.29, 1.82) is 0 Å². The molecule has 94 valence electrons. The maximum atomic E-state index is 5.42. The van der Waals surface area contributed by atoms with Gasteiger partial charge in [0.15, 0.2) is 0 Å². The minimum atomic E-state index is 0.592. The number of rotatable bonds is 3. The first kappa shape index (κ1) is 11.5. The van der Waals surface area contributed by atoms with Gasteiger partial charge in [-0.15, -0.1) is 0 Å². The van der Waals surface area contributed by atoms with E-state index in [-0.39, 0.29) is 0 Å². The highest BCUT2D eigenvalue weighted by atomic mass is 16.3. The maximum Gasteiger partial charge on any atom is 0.226 e. The summed E-state index contributed by atoms with van der Waals surface area (Å²) >= 11 is 0. The Morgan fingerprint density at radius 1 is 1.28 bits per heavy atom. The van der Waals surface area contributed by atoms with E-state index in [1.807, 2.05) is 6.07 Å². The van der Waals surface area contributed by atoms with Gasteiger partial charge in [-0.2, -0.15) is 0 Å². The number of piperidine rings is 1. The van der Waals surface area contributed by atoms with Crippen LogP contribution in [0.4, 0.5) is 0 Å². The Morgan fingerprint density at radius 3 is 3.00 bits per heavy atom. The Morgan fingerprint density at radius 2 is 2.22 bits per heavy atom. The lowest BCUT2D eigenvalue weighted by molar-refractivity contribution is 0.399. The predicted molar refractivity (Wildman–Crippen MR) is 71.3 cm³/mol. The summed E-state index contributed by atoms with van der Waals surface area (Å²) < 4.78 is 5.42. The van der Waals surface area contributed by atoms with Crippen LogP contribution in [0.25, 0.3) is 11.5 Å². The maximum absolute atomic E-state index is 5.42. The zero-order valence-electron chi connectivity index (χ0n) is 10.4. The van der Waals surface area contributed by atoms with Gasteiger partial charge in [0.05, 0.1) is 6.20 Å². The van der Waals surface area contributed by atoms with Gasteiger partial charge in [-0.3, -0.25) is 0 Å². The van der Waals surface area contributed by atoms with Crippen LogP contribution in [0.3, 0.4) is 0 Å². The van der Waals surface area contributed by atoms with Crippen molar-refractivity contribution in [2.24, 2.45) is 0 Å². The molecule has 1 fully saturated rings. The normalized spacial score (nSPS) is 19.9. The molecule has 1 N–H and O–H groups in total. The van der Waals surface area contributed by atoms with Crippen molar-refractivity contribution in [3.05, 3.63) is 42.3 Å². The standard InChI is InChI=1S/C15H18N2O/c1-2-7-14(15-17-9-10-18-15)12(5-1)11-13-6-3-4-8-16-13/h1-2,5,7,9-10,13,16H,3-4,6,8,11H2. The van der Waals surface area contributed by atoms with E-state index in [0.29, 0.717) is 6.04 Å². The van der Waals surface area contributed by atoms with Crippen LogP contribution in [0, 0.1) is 0 Å². The topological polar surface area (TPSA) is 38.1 Å². The summed E-state index contributed by atoms with van der Waals surface area (Å²) in [6.07, 6.45) is 8.28. The molecule has 3 rings (SSSR count). The lowest BCUT2D eigenvalue weighted by Gasteiger charge is -2.24. The second kappa shape index (κ2) is 5.36. The van der Waals surface area contributed by atoms with Crippen molar-refractivity contribution in [2.45, 2.75) is 31.7 Å². The van der Waals surface area contributed by atoms with Crippen LogP contribution in [-0.2, 0) is 6.42 Å². The summed E-state index contributed by atoms with van der Waals surface area (Å²) in [6.45, 7) is 1.14. The molecular weight excluding hydrogens is 224 g/mol. The molecule has 0 amide bonds. The third-order valence-corrected chi connectivity index (χ3v) is 3.56. The molecule has 0 radical (unpaired) electrons. The van der Waals surface area contributed by atoms with Gasteiger partial charge in [-0.05, 0) is 37.4 Å². The van der Waals surface area contributed by atoms with Gasteiger partial charge in [0.2, 0.25) is 5.89 Å². The van der Waals surface area contributed by atoms with Gasteiger partial charge in [-0.25, -0.2) is 4.98 Å². The van der Waals surface area contributed by atoms with Crippen molar-refractivity contribution in [2.75, 3.05) is 6.54 Å². The van der Waals surface area contributed by atoms with Crippen LogP contribution in [-0.4, -0.2) is 17.6 Å². The third kappa shape index (κ3) is 2.46. The van der Waals surface area contributed by atoms with E-state index < -0.39 is 0 Å². The van der Waals surface area contributed by atoms with Crippen LogP contribution in [0.5, 0.6) is 0 Å². The molecule has 18 heavy (non-hydrogen) atoms. The second-order valence-corrected chi connectivity index (χ2v) is 4.85. The molecule has 0 spiro atoms. The van der Waals surface area contributed by atoms with E-state index in [2.05, 4.69) is 28.5 Å².